The first-order valence-corrected chi connectivity index (χ1v) is 7.65. The Morgan fingerprint density at radius 2 is 2.20 bits per heavy atom. The molecule has 1 aromatic heterocycles. The molecule has 2 N–H and O–H groups in total. The predicted molar refractivity (Wildman–Crippen MR) is 82.5 cm³/mol. The van der Waals surface area contributed by atoms with Gasteiger partial charge in [0.2, 0.25) is 0 Å². The van der Waals surface area contributed by atoms with Crippen LogP contribution in [0.15, 0.2) is 30.5 Å². The maximum atomic E-state index is 6.15. The number of halogens is 1. The van der Waals surface area contributed by atoms with Crippen molar-refractivity contribution in [1.82, 2.24) is 9.78 Å². The largest absolute Gasteiger partial charge is 0.327 e. The summed E-state index contributed by atoms with van der Waals surface area (Å²) in [6.07, 6.45) is 6.37. The zero-order valence-electron chi connectivity index (χ0n) is 11.7. The van der Waals surface area contributed by atoms with E-state index in [2.05, 4.69) is 19.1 Å². The Kier molecular flexibility index (Phi) is 3.81. The first kappa shape index (κ1) is 13.7. The van der Waals surface area contributed by atoms with Gasteiger partial charge in [0.05, 0.1) is 11.4 Å². The molecule has 3 rings (SSSR count). The van der Waals surface area contributed by atoms with E-state index in [4.69, 9.17) is 22.4 Å². The second-order valence-electron chi connectivity index (χ2n) is 5.60. The molecule has 1 aromatic carbocycles. The number of benzene rings is 1. The summed E-state index contributed by atoms with van der Waals surface area (Å²) < 4.78 is 1.94. The van der Waals surface area contributed by atoms with Gasteiger partial charge in [-0.2, -0.15) is 5.10 Å². The van der Waals surface area contributed by atoms with Crippen LogP contribution in [0.2, 0.25) is 5.02 Å². The molecule has 3 nitrogen and oxygen atoms in total. The Morgan fingerprint density at radius 1 is 1.40 bits per heavy atom. The molecular formula is C16H20ClN3. The fraction of sp³-hybridized carbons (Fsp3) is 0.438. The number of hydrogen-bond acceptors (Lipinski definition) is 2. The van der Waals surface area contributed by atoms with Crippen LogP contribution in [0.3, 0.4) is 0 Å². The zero-order chi connectivity index (χ0) is 14.1. The van der Waals surface area contributed by atoms with E-state index in [1.807, 2.05) is 23.0 Å². The summed E-state index contributed by atoms with van der Waals surface area (Å²) >= 11 is 6.15. The Balaban J connectivity index is 1.94. The molecular weight excluding hydrogens is 270 g/mol. The third kappa shape index (κ3) is 2.89. The lowest BCUT2D eigenvalue weighted by molar-refractivity contribution is 0.642. The van der Waals surface area contributed by atoms with Crippen LogP contribution < -0.4 is 5.73 Å². The molecule has 1 aliphatic rings. The van der Waals surface area contributed by atoms with Crippen LogP contribution in [0.4, 0.5) is 0 Å². The van der Waals surface area contributed by atoms with Crippen molar-refractivity contribution in [1.29, 1.82) is 0 Å². The monoisotopic (exact) mass is 289 g/mol. The Morgan fingerprint density at radius 3 is 2.90 bits per heavy atom. The van der Waals surface area contributed by atoms with E-state index < -0.39 is 0 Å². The van der Waals surface area contributed by atoms with Crippen LogP contribution in [0, 0.1) is 0 Å². The molecule has 4 heteroatoms. The Bertz CT molecular complexity index is 602. The molecule has 106 valence electrons. The molecule has 2 aromatic rings. The molecule has 0 amide bonds. The van der Waals surface area contributed by atoms with Gasteiger partial charge in [-0.05, 0) is 49.4 Å². The number of nitrogens with two attached hydrogens (primary N) is 1. The molecule has 1 saturated carbocycles. The van der Waals surface area contributed by atoms with Crippen molar-refractivity contribution < 1.29 is 0 Å². The fourth-order valence-corrected chi connectivity index (χ4v) is 2.59. The number of aromatic nitrogens is 2. The molecule has 0 bridgehead atoms. The quantitative estimate of drug-likeness (QED) is 0.912. The van der Waals surface area contributed by atoms with Gasteiger partial charge in [0.25, 0.3) is 0 Å². The van der Waals surface area contributed by atoms with Gasteiger partial charge in [-0.3, -0.25) is 0 Å². The molecule has 0 saturated heterocycles. The second-order valence-corrected chi connectivity index (χ2v) is 6.04. The molecule has 1 heterocycles. The van der Waals surface area contributed by atoms with E-state index in [9.17, 15) is 0 Å². The smallest absolute Gasteiger partial charge is 0.0693 e. The van der Waals surface area contributed by atoms with Crippen molar-refractivity contribution in [3.63, 3.8) is 0 Å². The lowest BCUT2D eigenvalue weighted by Crippen LogP contribution is -2.22. The summed E-state index contributed by atoms with van der Waals surface area (Å²) in [7, 11) is 0. The average molecular weight is 290 g/mol. The molecule has 0 spiro atoms. The standard InChI is InChI=1S/C16H20ClN3/c1-2-14(18)9-12-5-6-13(17)10-16(12)20-8-7-15(19-20)11-3-4-11/h5-8,10-11,14H,2-4,9,18H2,1H3. The van der Waals surface area contributed by atoms with Gasteiger partial charge in [0, 0.05) is 23.2 Å². The maximum Gasteiger partial charge on any atom is 0.0693 e. The van der Waals surface area contributed by atoms with Crippen LogP contribution in [0.1, 0.15) is 43.4 Å². The summed E-state index contributed by atoms with van der Waals surface area (Å²) in [6, 6.07) is 8.25. The van der Waals surface area contributed by atoms with Crippen molar-refractivity contribution in [2.24, 2.45) is 5.73 Å². The number of rotatable bonds is 5. The third-order valence-corrected chi connectivity index (χ3v) is 4.14. The lowest BCUT2D eigenvalue weighted by atomic mass is 10.0. The molecule has 1 aliphatic carbocycles. The highest BCUT2D eigenvalue weighted by atomic mass is 35.5. The molecule has 1 atom stereocenters. The van der Waals surface area contributed by atoms with Crippen molar-refractivity contribution in [3.8, 4) is 5.69 Å². The minimum atomic E-state index is 0.174. The average Bonchev–Trinajstić information content (AvgIpc) is 3.18. The van der Waals surface area contributed by atoms with E-state index >= 15 is 0 Å². The minimum Gasteiger partial charge on any atom is -0.327 e. The Labute approximate surface area is 124 Å². The highest BCUT2D eigenvalue weighted by Gasteiger charge is 2.26. The zero-order valence-corrected chi connectivity index (χ0v) is 12.5. The molecule has 1 fully saturated rings. The maximum absolute atomic E-state index is 6.15. The third-order valence-electron chi connectivity index (χ3n) is 3.91. The summed E-state index contributed by atoms with van der Waals surface area (Å²) in [4.78, 5) is 0. The van der Waals surface area contributed by atoms with Crippen LogP contribution in [-0.4, -0.2) is 15.8 Å². The van der Waals surface area contributed by atoms with Crippen molar-refractivity contribution in [2.45, 2.75) is 44.6 Å². The first-order chi connectivity index (χ1) is 9.67. The van der Waals surface area contributed by atoms with E-state index in [0.29, 0.717) is 5.92 Å². The van der Waals surface area contributed by atoms with Gasteiger partial charge in [-0.15, -0.1) is 0 Å². The number of nitrogens with zero attached hydrogens (tertiary/aromatic N) is 2. The van der Waals surface area contributed by atoms with E-state index in [1.54, 1.807) is 0 Å². The van der Waals surface area contributed by atoms with Crippen LogP contribution in [0.25, 0.3) is 5.69 Å². The number of hydrogen-bond donors (Lipinski definition) is 1. The van der Waals surface area contributed by atoms with Crippen LogP contribution in [0.5, 0.6) is 0 Å². The van der Waals surface area contributed by atoms with Crippen molar-refractivity contribution in [3.05, 3.63) is 46.7 Å². The van der Waals surface area contributed by atoms with Crippen LogP contribution in [-0.2, 0) is 6.42 Å². The normalized spacial score (nSPS) is 16.4. The first-order valence-electron chi connectivity index (χ1n) is 7.27. The van der Waals surface area contributed by atoms with Crippen molar-refractivity contribution >= 4 is 11.6 Å². The van der Waals surface area contributed by atoms with Gasteiger partial charge in [0.15, 0.2) is 0 Å². The van der Waals surface area contributed by atoms with Crippen molar-refractivity contribution in [2.75, 3.05) is 0 Å². The molecule has 20 heavy (non-hydrogen) atoms. The van der Waals surface area contributed by atoms with Gasteiger partial charge >= 0.3 is 0 Å². The fourth-order valence-electron chi connectivity index (χ4n) is 2.42. The summed E-state index contributed by atoms with van der Waals surface area (Å²) in [5, 5.41) is 5.43. The van der Waals surface area contributed by atoms with E-state index in [1.165, 1.54) is 24.1 Å². The van der Waals surface area contributed by atoms with Gasteiger partial charge < -0.3 is 5.73 Å². The summed E-state index contributed by atoms with van der Waals surface area (Å²) in [6.45, 7) is 2.11. The SMILES string of the molecule is CCC(N)Cc1ccc(Cl)cc1-n1ccc(C2CC2)n1. The highest BCUT2D eigenvalue weighted by molar-refractivity contribution is 6.30. The molecule has 1 unspecified atom stereocenters. The predicted octanol–water partition coefficient (Wildman–Crippen LogP) is 3.68. The Hall–Kier alpha value is -1.32. The van der Waals surface area contributed by atoms with E-state index in [0.717, 1.165) is 23.6 Å². The van der Waals surface area contributed by atoms with E-state index in [-0.39, 0.29) is 6.04 Å². The van der Waals surface area contributed by atoms with Crippen LogP contribution >= 0.6 is 11.6 Å². The summed E-state index contributed by atoms with van der Waals surface area (Å²) in [5.41, 5.74) is 9.53. The lowest BCUT2D eigenvalue weighted by Gasteiger charge is -2.14. The summed E-state index contributed by atoms with van der Waals surface area (Å²) in [5.74, 6) is 0.664. The molecule has 0 aliphatic heterocycles. The highest BCUT2D eigenvalue weighted by Crippen LogP contribution is 2.39. The van der Waals surface area contributed by atoms with Gasteiger partial charge in [-0.1, -0.05) is 24.6 Å². The second kappa shape index (κ2) is 5.58. The topological polar surface area (TPSA) is 43.8 Å². The minimum absolute atomic E-state index is 0.174. The van der Waals surface area contributed by atoms with Gasteiger partial charge in [0.1, 0.15) is 0 Å². The molecule has 0 radical (unpaired) electrons. The van der Waals surface area contributed by atoms with Gasteiger partial charge in [-0.25, -0.2) is 4.68 Å².